The molecule has 0 aromatic heterocycles. The molecule has 0 spiro atoms. The highest BCUT2D eigenvalue weighted by Gasteiger charge is 2.34. The zero-order valence-electron chi connectivity index (χ0n) is 10.7. The highest BCUT2D eigenvalue weighted by atomic mass is 35.5. The van der Waals surface area contributed by atoms with Gasteiger partial charge in [-0.2, -0.15) is 0 Å². The monoisotopic (exact) mass is 283 g/mol. The maximum Gasteiger partial charge on any atom is 0.258 e. The number of carbonyl (C=O) groups is 1. The molecule has 104 valence electrons. The molecule has 4 nitrogen and oxygen atoms in total. The predicted octanol–water partition coefficient (Wildman–Crippen LogP) is 2.14. The topological polar surface area (TPSA) is 58.6 Å². The van der Waals surface area contributed by atoms with Crippen molar-refractivity contribution in [3.05, 3.63) is 29.3 Å². The molecular formula is C14H18ClNO3. The van der Waals surface area contributed by atoms with Crippen LogP contribution in [0.15, 0.2) is 24.3 Å². The molecule has 19 heavy (non-hydrogen) atoms. The Morgan fingerprint density at radius 3 is 2.53 bits per heavy atom. The van der Waals surface area contributed by atoms with E-state index in [-0.39, 0.29) is 19.1 Å². The lowest BCUT2D eigenvalue weighted by molar-refractivity contribution is -0.125. The van der Waals surface area contributed by atoms with Crippen LogP contribution in [0.3, 0.4) is 0 Å². The maximum atomic E-state index is 11.8. The second-order valence-corrected chi connectivity index (χ2v) is 5.37. The van der Waals surface area contributed by atoms with Crippen molar-refractivity contribution in [2.75, 3.05) is 13.2 Å². The first kappa shape index (κ1) is 14.2. The number of aliphatic hydroxyl groups excluding tert-OH is 1. The summed E-state index contributed by atoms with van der Waals surface area (Å²) in [6.45, 7) is -0.0664. The van der Waals surface area contributed by atoms with Gasteiger partial charge in [0.1, 0.15) is 5.75 Å². The summed E-state index contributed by atoms with van der Waals surface area (Å²) < 4.78 is 5.37. The van der Waals surface area contributed by atoms with E-state index in [9.17, 15) is 9.90 Å². The lowest BCUT2D eigenvalue weighted by Gasteiger charge is -2.27. The van der Waals surface area contributed by atoms with E-state index in [1.165, 1.54) is 0 Å². The van der Waals surface area contributed by atoms with Gasteiger partial charge < -0.3 is 15.2 Å². The molecule has 1 fully saturated rings. The van der Waals surface area contributed by atoms with Crippen LogP contribution in [0, 0.1) is 0 Å². The Balaban J connectivity index is 1.82. The fraction of sp³-hybridized carbons (Fsp3) is 0.500. The standard InChI is InChI=1S/C14H18ClNO3/c15-11-3-5-12(6-4-11)19-9-13(18)16-14(10-17)7-1-2-8-14/h3-6,17H,1-2,7-10H2,(H,16,18). The average molecular weight is 284 g/mol. The molecule has 2 N–H and O–H groups in total. The van der Waals surface area contributed by atoms with Crippen LogP contribution in [0.5, 0.6) is 5.75 Å². The van der Waals surface area contributed by atoms with Gasteiger partial charge in [0.15, 0.2) is 6.61 Å². The van der Waals surface area contributed by atoms with Gasteiger partial charge in [0, 0.05) is 5.02 Å². The lowest BCUT2D eigenvalue weighted by Crippen LogP contribution is -2.50. The minimum atomic E-state index is -0.444. The van der Waals surface area contributed by atoms with Gasteiger partial charge in [-0.1, -0.05) is 24.4 Å². The third-order valence-electron chi connectivity index (χ3n) is 3.45. The molecule has 0 saturated heterocycles. The Morgan fingerprint density at radius 1 is 1.32 bits per heavy atom. The number of hydrogen-bond acceptors (Lipinski definition) is 3. The zero-order chi connectivity index (χ0) is 13.7. The Bertz CT molecular complexity index is 427. The number of aliphatic hydroxyl groups is 1. The number of ether oxygens (including phenoxy) is 1. The molecule has 0 heterocycles. The van der Waals surface area contributed by atoms with Crippen molar-refractivity contribution in [3.8, 4) is 5.75 Å². The number of halogens is 1. The molecule has 1 aromatic carbocycles. The number of benzene rings is 1. The summed E-state index contributed by atoms with van der Waals surface area (Å²) in [5.41, 5.74) is -0.444. The van der Waals surface area contributed by atoms with Crippen LogP contribution >= 0.6 is 11.6 Å². The lowest BCUT2D eigenvalue weighted by atomic mass is 9.99. The summed E-state index contributed by atoms with van der Waals surface area (Å²) >= 11 is 5.76. The SMILES string of the molecule is O=C(COc1ccc(Cl)cc1)NC1(CO)CCCC1. The van der Waals surface area contributed by atoms with Gasteiger partial charge in [-0.3, -0.25) is 4.79 Å². The van der Waals surface area contributed by atoms with E-state index in [2.05, 4.69) is 5.32 Å². The minimum Gasteiger partial charge on any atom is -0.484 e. The molecule has 0 aliphatic heterocycles. The van der Waals surface area contributed by atoms with Crippen molar-refractivity contribution in [2.24, 2.45) is 0 Å². The third kappa shape index (κ3) is 3.85. The van der Waals surface area contributed by atoms with Crippen molar-refractivity contribution in [1.29, 1.82) is 0 Å². The van der Waals surface area contributed by atoms with E-state index in [1.54, 1.807) is 24.3 Å². The fourth-order valence-electron chi connectivity index (χ4n) is 2.39. The van der Waals surface area contributed by atoms with Gasteiger partial charge in [-0.15, -0.1) is 0 Å². The number of nitrogens with one attached hydrogen (secondary N) is 1. The van der Waals surface area contributed by atoms with Crippen molar-refractivity contribution in [1.82, 2.24) is 5.32 Å². The van der Waals surface area contributed by atoms with Crippen LogP contribution in [-0.4, -0.2) is 29.8 Å². The van der Waals surface area contributed by atoms with E-state index in [4.69, 9.17) is 16.3 Å². The Kier molecular flexibility index (Phi) is 4.66. The molecule has 0 radical (unpaired) electrons. The van der Waals surface area contributed by atoms with Crippen molar-refractivity contribution in [2.45, 2.75) is 31.2 Å². The number of hydrogen-bond donors (Lipinski definition) is 2. The van der Waals surface area contributed by atoms with Crippen LogP contribution in [-0.2, 0) is 4.79 Å². The van der Waals surface area contributed by atoms with Crippen molar-refractivity contribution < 1.29 is 14.6 Å². The first-order valence-electron chi connectivity index (χ1n) is 6.44. The number of carbonyl (C=O) groups excluding carboxylic acids is 1. The summed E-state index contributed by atoms with van der Waals surface area (Å²) in [6, 6.07) is 6.85. The van der Waals surface area contributed by atoms with E-state index >= 15 is 0 Å². The van der Waals surface area contributed by atoms with Crippen molar-refractivity contribution >= 4 is 17.5 Å². The molecule has 1 aliphatic carbocycles. The smallest absolute Gasteiger partial charge is 0.258 e. The molecule has 1 saturated carbocycles. The highest BCUT2D eigenvalue weighted by molar-refractivity contribution is 6.30. The van der Waals surface area contributed by atoms with Gasteiger partial charge in [0.05, 0.1) is 12.1 Å². The van der Waals surface area contributed by atoms with Crippen LogP contribution in [0.1, 0.15) is 25.7 Å². The van der Waals surface area contributed by atoms with E-state index in [0.717, 1.165) is 25.7 Å². The maximum absolute atomic E-state index is 11.8. The van der Waals surface area contributed by atoms with E-state index in [0.29, 0.717) is 10.8 Å². The third-order valence-corrected chi connectivity index (χ3v) is 3.70. The molecule has 1 aliphatic rings. The predicted molar refractivity (Wildman–Crippen MR) is 73.4 cm³/mol. The molecule has 0 bridgehead atoms. The number of amides is 1. The Labute approximate surface area is 117 Å². The van der Waals surface area contributed by atoms with Gasteiger partial charge in [0.25, 0.3) is 5.91 Å². The molecule has 0 unspecified atom stereocenters. The first-order chi connectivity index (χ1) is 9.13. The molecule has 1 aromatic rings. The Hall–Kier alpha value is -1.26. The van der Waals surface area contributed by atoms with Crippen LogP contribution in [0.25, 0.3) is 0 Å². The summed E-state index contributed by atoms with van der Waals surface area (Å²) in [5.74, 6) is 0.398. The number of rotatable bonds is 5. The van der Waals surface area contributed by atoms with Gasteiger partial charge in [-0.25, -0.2) is 0 Å². The summed E-state index contributed by atoms with van der Waals surface area (Å²) in [7, 11) is 0. The quantitative estimate of drug-likeness (QED) is 0.870. The zero-order valence-corrected chi connectivity index (χ0v) is 11.4. The molecule has 2 rings (SSSR count). The average Bonchev–Trinajstić information content (AvgIpc) is 2.87. The molecule has 1 amide bonds. The van der Waals surface area contributed by atoms with Gasteiger partial charge >= 0.3 is 0 Å². The highest BCUT2D eigenvalue weighted by Crippen LogP contribution is 2.29. The molecule has 0 atom stereocenters. The fourth-order valence-corrected chi connectivity index (χ4v) is 2.51. The van der Waals surface area contributed by atoms with E-state index in [1.807, 2.05) is 0 Å². The second-order valence-electron chi connectivity index (χ2n) is 4.94. The Morgan fingerprint density at radius 2 is 1.95 bits per heavy atom. The summed E-state index contributed by atoms with van der Waals surface area (Å²) in [4.78, 5) is 11.8. The second kappa shape index (κ2) is 6.26. The van der Waals surface area contributed by atoms with Crippen LogP contribution in [0.4, 0.5) is 0 Å². The van der Waals surface area contributed by atoms with Gasteiger partial charge in [-0.05, 0) is 37.1 Å². The van der Waals surface area contributed by atoms with Crippen LogP contribution in [0.2, 0.25) is 5.02 Å². The summed E-state index contributed by atoms with van der Waals surface area (Å²) in [5, 5.41) is 12.9. The van der Waals surface area contributed by atoms with Gasteiger partial charge in [0.2, 0.25) is 0 Å². The molecular weight excluding hydrogens is 266 g/mol. The minimum absolute atomic E-state index is 0.0142. The first-order valence-corrected chi connectivity index (χ1v) is 6.82. The van der Waals surface area contributed by atoms with Crippen LogP contribution < -0.4 is 10.1 Å². The largest absolute Gasteiger partial charge is 0.484 e. The normalized spacial score (nSPS) is 17.2. The summed E-state index contributed by atoms with van der Waals surface area (Å²) in [6.07, 6.45) is 3.74. The van der Waals surface area contributed by atoms with E-state index < -0.39 is 5.54 Å². The van der Waals surface area contributed by atoms with Crippen molar-refractivity contribution in [3.63, 3.8) is 0 Å². The molecule has 5 heteroatoms.